The first kappa shape index (κ1) is 28.3. The van der Waals surface area contributed by atoms with Crippen molar-refractivity contribution in [2.45, 2.75) is 71.8 Å². The second-order valence-electron chi connectivity index (χ2n) is 11.6. The third-order valence-electron chi connectivity index (χ3n) is 6.87. The number of piperidine rings is 1. The minimum Gasteiger partial charge on any atom is -0.385 e. The molecule has 0 unspecified atom stereocenters. The summed E-state index contributed by atoms with van der Waals surface area (Å²) in [6.45, 7) is 15.4. The van der Waals surface area contributed by atoms with E-state index >= 15 is 0 Å². The van der Waals surface area contributed by atoms with E-state index in [0.29, 0.717) is 56.4 Å². The Bertz CT molecular complexity index is 879. The van der Waals surface area contributed by atoms with E-state index in [2.05, 4.69) is 50.2 Å². The van der Waals surface area contributed by atoms with Gasteiger partial charge in [-0.2, -0.15) is 0 Å². The van der Waals surface area contributed by atoms with Gasteiger partial charge >= 0.3 is 0 Å². The lowest BCUT2D eigenvalue weighted by atomic mass is 9.92. The second-order valence-corrected chi connectivity index (χ2v) is 11.6. The molecular weight excluding hydrogens is 456 g/mol. The van der Waals surface area contributed by atoms with Gasteiger partial charge in [-0.3, -0.25) is 9.59 Å². The van der Waals surface area contributed by atoms with E-state index in [1.54, 1.807) is 13.3 Å². The van der Waals surface area contributed by atoms with Crippen molar-refractivity contribution in [1.29, 1.82) is 0 Å². The summed E-state index contributed by atoms with van der Waals surface area (Å²) in [6.07, 6.45) is 5.32. The molecule has 0 spiro atoms. The maximum Gasteiger partial charge on any atom is 0.259 e. The minimum atomic E-state index is -0.237. The van der Waals surface area contributed by atoms with E-state index in [1.807, 2.05) is 9.80 Å². The number of nitrogens with zero attached hydrogens (tertiary/aromatic N) is 4. The number of carbonyl (C=O) groups is 2. The third kappa shape index (κ3) is 7.38. The number of methoxy groups -OCH3 is 1. The molecule has 0 aliphatic carbocycles. The first-order chi connectivity index (χ1) is 17.1. The monoisotopic (exact) mass is 502 g/mol. The van der Waals surface area contributed by atoms with E-state index < -0.39 is 0 Å². The minimum absolute atomic E-state index is 0.0613. The predicted molar refractivity (Wildman–Crippen MR) is 142 cm³/mol. The molecule has 3 rings (SSSR count). The first-order valence-electron chi connectivity index (χ1n) is 13.5. The average Bonchev–Trinajstić information content (AvgIpc) is 3.39. The molecule has 2 N–H and O–H groups in total. The number of carbonyl (C=O) groups excluding carboxylic acids is 2. The molecule has 0 saturated carbocycles. The van der Waals surface area contributed by atoms with E-state index in [-0.39, 0.29) is 35.1 Å². The Labute approximate surface area is 216 Å². The van der Waals surface area contributed by atoms with E-state index in [9.17, 15) is 9.59 Å². The van der Waals surface area contributed by atoms with Crippen molar-refractivity contribution in [3.63, 3.8) is 0 Å². The lowest BCUT2D eigenvalue weighted by Gasteiger charge is -2.39. The predicted octanol–water partition coefficient (Wildman–Crippen LogP) is 2.92. The van der Waals surface area contributed by atoms with Gasteiger partial charge in [-0.15, -0.1) is 0 Å². The fourth-order valence-electron chi connectivity index (χ4n) is 4.94. The molecule has 2 aliphatic rings. The van der Waals surface area contributed by atoms with Crippen molar-refractivity contribution >= 4 is 17.6 Å². The number of likely N-dealkylation sites (tertiary alicyclic amines) is 1. The molecule has 2 fully saturated rings. The number of anilines is 1. The van der Waals surface area contributed by atoms with Gasteiger partial charge in [0, 0.05) is 70.6 Å². The molecule has 2 amide bonds. The first-order valence-corrected chi connectivity index (χ1v) is 13.5. The molecular formula is C27H46N6O3. The average molecular weight is 503 g/mol. The summed E-state index contributed by atoms with van der Waals surface area (Å²) in [5.41, 5.74) is 0.243. The molecule has 2 saturated heterocycles. The summed E-state index contributed by atoms with van der Waals surface area (Å²) < 4.78 is 5.18. The van der Waals surface area contributed by atoms with Crippen LogP contribution in [0.5, 0.6) is 0 Å². The Morgan fingerprint density at radius 2 is 1.97 bits per heavy atom. The van der Waals surface area contributed by atoms with Crippen LogP contribution in [0.25, 0.3) is 0 Å². The molecule has 0 aromatic carbocycles. The molecule has 1 aromatic heterocycles. The summed E-state index contributed by atoms with van der Waals surface area (Å²) in [5, 5.41) is 6.80. The summed E-state index contributed by atoms with van der Waals surface area (Å²) >= 11 is 0. The van der Waals surface area contributed by atoms with Crippen molar-refractivity contribution in [3.05, 3.63) is 17.6 Å². The lowest BCUT2D eigenvalue weighted by Crippen LogP contribution is -2.55. The number of ether oxygens (including phenoxy) is 1. The topological polar surface area (TPSA) is 99.7 Å². The molecule has 2 aliphatic heterocycles. The van der Waals surface area contributed by atoms with E-state index in [0.717, 1.165) is 32.4 Å². The van der Waals surface area contributed by atoms with Gasteiger partial charge < -0.3 is 25.2 Å². The SMILES string of the molecule is COCCCNc1nc(C(C)(C)C)ncc1C(=O)N(CC(C)C)[C@@H]1CNC[C@H](C(=O)N2CCCC2)C1. The maximum absolute atomic E-state index is 14.0. The molecule has 1 aromatic rings. The van der Waals surface area contributed by atoms with Gasteiger partial charge in [-0.1, -0.05) is 34.6 Å². The smallest absolute Gasteiger partial charge is 0.259 e. The number of aromatic nitrogens is 2. The number of hydrogen-bond acceptors (Lipinski definition) is 7. The largest absolute Gasteiger partial charge is 0.385 e. The van der Waals surface area contributed by atoms with Crippen LogP contribution in [0, 0.1) is 11.8 Å². The van der Waals surface area contributed by atoms with Crippen LogP contribution in [0.1, 0.15) is 76.5 Å². The summed E-state index contributed by atoms with van der Waals surface area (Å²) in [7, 11) is 1.68. The Hall–Kier alpha value is -2.26. The molecule has 9 heteroatoms. The van der Waals surface area contributed by atoms with Crippen LogP contribution in [-0.2, 0) is 14.9 Å². The van der Waals surface area contributed by atoms with Crippen molar-refractivity contribution in [2.75, 3.05) is 58.3 Å². The molecule has 9 nitrogen and oxygen atoms in total. The van der Waals surface area contributed by atoms with Gasteiger partial charge in [0.05, 0.1) is 5.92 Å². The van der Waals surface area contributed by atoms with Gasteiger partial charge in [0.1, 0.15) is 17.2 Å². The third-order valence-corrected chi connectivity index (χ3v) is 6.87. The van der Waals surface area contributed by atoms with E-state index in [1.165, 1.54) is 0 Å². The van der Waals surface area contributed by atoms with Crippen LogP contribution in [0.4, 0.5) is 5.82 Å². The second kappa shape index (κ2) is 12.8. The zero-order valence-electron chi connectivity index (χ0n) is 23.1. The van der Waals surface area contributed by atoms with Crippen LogP contribution in [-0.4, -0.2) is 90.6 Å². The molecule has 0 radical (unpaired) electrons. The number of amides is 2. The number of hydrogen-bond donors (Lipinski definition) is 2. The van der Waals surface area contributed by atoms with Crippen molar-refractivity contribution < 1.29 is 14.3 Å². The van der Waals surface area contributed by atoms with Crippen LogP contribution in [0.2, 0.25) is 0 Å². The Morgan fingerprint density at radius 1 is 1.25 bits per heavy atom. The molecule has 202 valence electrons. The summed E-state index contributed by atoms with van der Waals surface area (Å²) in [4.78, 5) is 40.5. The summed E-state index contributed by atoms with van der Waals surface area (Å²) in [6, 6.07) is -0.0613. The highest BCUT2D eigenvalue weighted by Gasteiger charge is 2.36. The molecule has 36 heavy (non-hydrogen) atoms. The molecule has 3 heterocycles. The van der Waals surface area contributed by atoms with Gasteiger partial charge in [0.25, 0.3) is 5.91 Å². The van der Waals surface area contributed by atoms with Crippen LogP contribution in [0.15, 0.2) is 6.20 Å². The van der Waals surface area contributed by atoms with Crippen LogP contribution < -0.4 is 10.6 Å². The van der Waals surface area contributed by atoms with Crippen LogP contribution >= 0.6 is 0 Å². The highest BCUT2D eigenvalue weighted by Crippen LogP contribution is 2.26. The maximum atomic E-state index is 14.0. The highest BCUT2D eigenvalue weighted by atomic mass is 16.5. The fourth-order valence-corrected chi connectivity index (χ4v) is 4.94. The fraction of sp³-hybridized carbons (Fsp3) is 0.778. The lowest BCUT2D eigenvalue weighted by molar-refractivity contribution is -0.135. The molecule has 0 bridgehead atoms. The quantitative estimate of drug-likeness (QED) is 0.475. The number of rotatable bonds is 10. The number of nitrogens with one attached hydrogen (secondary N) is 2. The normalized spacial score (nSPS) is 20.6. The summed E-state index contributed by atoms with van der Waals surface area (Å²) in [5.74, 6) is 1.59. The Balaban J connectivity index is 1.85. The molecule has 2 atom stereocenters. The zero-order valence-corrected chi connectivity index (χ0v) is 23.1. The van der Waals surface area contributed by atoms with Gasteiger partial charge in [-0.05, 0) is 31.6 Å². The highest BCUT2D eigenvalue weighted by molar-refractivity contribution is 5.98. The Kier molecular flexibility index (Phi) is 10.1. The van der Waals surface area contributed by atoms with Crippen LogP contribution in [0.3, 0.4) is 0 Å². The van der Waals surface area contributed by atoms with E-state index in [4.69, 9.17) is 9.72 Å². The van der Waals surface area contributed by atoms with Crippen molar-refractivity contribution in [1.82, 2.24) is 25.1 Å². The zero-order chi connectivity index (χ0) is 26.3. The van der Waals surface area contributed by atoms with Gasteiger partial charge in [0.2, 0.25) is 5.91 Å². The van der Waals surface area contributed by atoms with Gasteiger partial charge in [0.15, 0.2) is 0 Å². The van der Waals surface area contributed by atoms with Gasteiger partial charge in [-0.25, -0.2) is 9.97 Å². The van der Waals surface area contributed by atoms with Crippen molar-refractivity contribution in [3.8, 4) is 0 Å². The standard InChI is InChI=1S/C27H46N6O3/c1-19(2)18-33(21-14-20(15-28-16-21)24(34)32-11-7-8-12-32)25(35)22-17-30-26(27(3,4)5)31-23(22)29-10-9-13-36-6/h17,19-21,28H,7-16,18H2,1-6H3,(H,29,30,31)/t20-,21+/m1/s1. The van der Waals surface area contributed by atoms with Crippen molar-refractivity contribution in [2.24, 2.45) is 11.8 Å². The Morgan fingerprint density at radius 3 is 2.61 bits per heavy atom.